The molecule has 0 heterocycles. The van der Waals surface area contributed by atoms with Gasteiger partial charge in [0.25, 0.3) is 0 Å². The van der Waals surface area contributed by atoms with Crippen LogP contribution in [0.3, 0.4) is 0 Å². The van der Waals surface area contributed by atoms with Crippen molar-refractivity contribution < 1.29 is 57.3 Å². The fraction of sp³-hybridized carbons (Fsp3) is 0.957. The number of rotatable bonds is 32. The Labute approximate surface area is 228 Å². The number of carboxylic acid groups (broad SMARTS) is 1. The van der Waals surface area contributed by atoms with Gasteiger partial charge in [-0.05, 0) is 0 Å². The fourth-order valence-corrected chi connectivity index (χ4v) is 2.61. The zero-order valence-corrected chi connectivity index (χ0v) is 23.5. The molecule has 0 bridgehead atoms. The topological polar surface area (TPSA) is 130 Å². The van der Waals surface area contributed by atoms with E-state index < -0.39 is 5.97 Å². The van der Waals surface area contributed by atoms with Crippen molar-refractivity contribution in [3.05, 3.63) is 0 Å². The van der Waals surface area contributed by atoms with Crippen molar-refractivity contribution in [3.8, 4) is 0 Å². The van der Waals surface area contributed by atoms with Gasteiger partial charge in [0.15, 0.2) is 0 Å². The molecule has 13 heteroatoms. The van der Waals surface area contributed by atoms with Crippen LogP contribution in [0.4, 0.5) is 0 Å². The van der Waals surface area contributed by atoms with Gasteiger partial charge in [-0.25, -0.2) is 0 Å². The van der Waals surface area contributed by atoms with Crippen molar-refractivity contribution >= 4 is 28.6 Å². The van der Waals surface area contributed by atoms with Crippen LogP contribution in [0.5, 0.6) is 0 Å². The second-order valence-corrected chi connectivity index (χ2v) is 8.04. The van der Waals surface area contributed by atoms with Gasteiger partial charge in [0, 0.05) is 4.43 Å². The Kier molecular flexibility index (Phi) is 32.6. The lowest BCUT2D eigenvalue weighted by Crippen LogP contribution is -2.15. The van der Waals surface area contributed by atoms with Crippen molar-refractivity contribution in [3.63, 3.8) is 0 Å². The molecule has 0 aliphatic carbocycles. The molecule has 0 saturated heterocycles. The summed E-state index contributed by atoms with van der Waals surface area (Å²) in [6.45, 7) is 10.0. The molecule has 216 valence electrons. The Morgan fingerprint density at radius 1 is 0.389 bits per heavy atom. The van der Waals surface area contributed by atoms with Crippen molar-refractivity contribution in [2.24, 2.45) is 0 Å². The van der Waals surface area contributed by atoms with E-state index in [1.54, 1.807) is 0 Å². The molecule has 0 amide bonds. The quantitative estimate of drug-likeness (QED) is 0.0642. The van der Waals surface area contributed by atoms with Gasteiger partial charge < -0.3 is 52.5 Å². The van der Waals surface area contributed by atoms with E-state index in [1.807, 2.05) is 0 Å². The summed E-state index contributed by atoms with van der Waals surface area (Å²) in [4.78, 5) is 10.3. The molecule has 0 aromatic heterocycles. The minimum Gasteiger partial charge on any atom is -0.481 e. The third-order valence-electron chi connectivity index (χ3n) is 4.03. The highest BCUT2D eigenvalue weighted by molar-refractivity contribution is 14.1. The number of hydrogen-bond donors (Lipinski definition) is 1. The maximum absolute atomic E-state index is 10.3. The molecule has 0 aromatic rings. The SMILES string of the molecule is O=C(O)CCOCCOCCOCCOCCOCCOCCOCCOCCOCCOCCI. The zero-order chi connectivity index (χ0) is 26.2. The highest BCUT2D eigenvalue weighted by Crippen LogP contribution is 1.88. The lowest BCUT2D eigenvalue weighted by atomic mass is 10.5. The molecule has 0 rings (SSSR count). The molecule has 12 nitrogen and oxygen atoms in total. The van der Waals surface area contributed by atoms with Gasteiger partial charge in [-0.3, -0.25) is 4.79 Å². The van der Waals surface area contributed by atoms with E-state index in [4.69, 9.17) is 52.5 Å². The molecule has 0 atom stereocenters. The van der Waals surface area contributed by atoms with Crippen molar-refractivity contribution in [2.75, 3.05) is 137 Å². The van der Waals surface area contributed by atoms with Crippen molar-refractivity contribution in [1.29, 1.82) is 0 Å². The smallest absolute Gasteiger partial charge is 0.305 e. The van der Waals surface area contributed by atoms with E-state index in [2.05, 4.69) is 22.6 Å². The first-order chi connectivity index (χ1) is 17.8. The molecule has 0 fully saturated rings. The van der Waals surface area contributed by atoms with Crippen molar-refractivity contribution in [2.45, 2.75) is 6.42 Å². The second kappa shape index (κ2) is 32.8. The molecule has 0 aliphatic heterocycles. The first kappa shape index (κ1) is 35.8. The summed E-state index contributed by atoms with van der Waals surface area (Å²) in [6, 6.07) is 0. The number of alkyl halides is 1. The highest BCUT2D eigenvalue weighted by Gasteiger charge is 1.97. The molecule has 0 radical (unpaired) electrons. The highest BCUT2D eigenvalue weighted by atomic mass is 127. The first-order valence-corrected chi connectivity index (χ1v) is 13.8. The maximum atomic E-state index is 10.3. The van der Waals surface area contributed by atoms with Gasteiger partial charge in [-0.1, -0.05) is 22.6 Å². The van der Waals surface area contributed by atoms with Gasteiger partial charge in [-0.15, -0.1) is 0 Å². The largest absolute Gasteiger partial charge is 0.481 e. The number of carbonyl (C=O) groups is 1. The lowest BCUT2D eigenvalue weighted by Gasteiger charge is -2.09. The Hall–Kier alpha value is -0.200. The number of aliphatic carboxylic acids is 1. The van der Waals surface area contributed by atoms with Crippen LogP contribution in [-0.2, 0) is 52.2 Å². The second-order valence-electron chi connectivity index (χ2n) is 6.96. The minimum atomic E-state index is -0.871. The minimum absolute atomic E-state index is 0.00226. The van der Waals surface area contributed by atoms with E-state index in [0.29, 0.717) is 119 Å². The average molecular weight is 641 g/mol. The van der Waals surface area contributed by atoms with Crippen LogP contribution in [-0.4, -0.2) is 148 Å². The predicted octanol–water partition coefficient (Wildman–Crippen LogP) is 1.06. The van der Waals surface area contributed by atoms with Crippen LogP contribution in [0.1, 0.15) is 6.42 Å². The third-order valence-corrected chi connectivity index (χ3v) is 4.47. The van der Waals surface area contributed by atoms with Gasteiger partial charge in [0.1, 0.15) is 0 Å². The van der Waals surface area contributed by atoms with E-state index in [9.17, 15) is 4.79 Å². The van der Waals surface area contributed by atoms with Crippen LogP contribution >= 0.6 is 22.6 Å². The number of carboxylic acids is 1. The van der Waals surface area contributed by atoms with Crippen LogP contribution in [0, 0.1) is 0 Å². The summed E-state index contributed by atoms with van der Waals surface area (Å²) in [6.07, 6.45) is 0.00226. The van der Waals surface area contributed by atoms with Crippen LogP contribution < -0.4 is 0 Å². The molecule has 0 unspecified atom stereocenters. The standard InChI is InChI=1S/C23H45IO12/c24-2-4-28-6-8-30-10-12-32-14-16-34-18-20-36-22-21-35-19-17-33-15-13-31-11-9-29-7-5-27-3-1-23(25)26/h1-22H2,(H,25,26). The summed E-state index contributed by atoms with van der Waals surface area (Å²) in [5, 5.41) is 8.46. The molecular formula is C23H45IO12. The van der Waals surface area contributed by atoms with Crippen LogP contribution in [0.25, 0.3) is 0 Å². The summed E-state index contributed by atoms with van der Waals surface area (Å²) in [5.74, 6) is -0.871. The Balaban J connectivity index is 3.02. The van der Waals surface area contributed by atoms with E-state index in [-0.39, 0.29) is 13.0 Å². The molecule has 36 heavy (non-hydrogen) atoms. The number of halogens is 1. The van der Waals surface area contributed by atoms with Gasteiger partial charge in [0.05, 0.1) is 139 Å². The Bertz CT molecular complexity index is 434. The van der Waals surface area contributed by atoms with Crippen LogP contribution in [0.2, 0.25) is 0 Å². The van der Waals surface area contributed by atoms with Gasteiger partial charge >= 0.3 is 5.97 Å². The maximum Gasteiger partial charge on any atom is 0.305 e. The first-order valence-electron chi connectivity index (χ1n) is 12.3. The Morgan fingerprint density at radius 2 is 0.583 bits per heavy atom. The Morgan fingerprint density at radius 3 is 0.778 bits per heavy atom. The molecule has 1 N–H and O–H groups in total. The molecule has 0 spiro atoms. The molecular weight excluding hydrogens is 595 g/mol. The third kappa shape index (κ3) is 33.8. The van der Waals surface area contributed by atoms with Crippen molar-refractivity contribution in [1.82, 2.24) is 0 Å². The summed E-state index contributed by atoms with van der Waals surface area (Å²) < 4.78 is 54.6. The molecule has 0 aliphatic rings. The van der Waals surface area contributed by atoms with Gasteiger partial charge in [-0.2, -0.15) is 0 Å². The zero-order valence-electron chi connectivity index (χ0n) is 21.4. The van der Waals surface area contributed by atoms with E-state index in [1.165, 1.54) is 0 Å². The number of ether oxygens (including phenoxy) is 10. The van der Waals surface area contributed by atoms with Crippen LogP contribution in [0.15, 0.2) is 0 Å². The molecule has 0 aromatic carbocycles. The van der Waals surface area contributed by atoms with E-state index in [0.717, 1.165) is 11.0 Å². The van der Waals surface area contributed by atoms with Gasteiger partial charge in [0.2, 0.25) is 0 Å². The average Bonchev–Trinajstić information content (AvgIpc) is 2.87. The van der Waals surface area contributed by atoms with E-state index >= 15 is 0 Å². The summed E-state index contributed by atoms with van der Waals surface area (Å²) in [7, 11) is 0. The lowest BCUT2D eigenvalue weighted by molar-refractivity contribution is -0.138. The molecule has 0 saturated carbocycles. The predicted molar refractivity (Wildman–Crippen MR) is 139 cm³/mol. The normalized spacial score (nSPS) is 11.4. The monoisotopic (exact) mass is 640 g/mol. The summed E-state index contributed by atoms with van der Waals surface area (Å²) >= 11 is 2.27. The number of hydrogen-bond acceptors (Lipinski definition) is 11. The fourth-order valence-electron chi connectivity index (χ4n) is 2.30. The summed E-state index contributed by atoms with van der Waals surface area (Å²) in [5.41, 5.74) is 0.